The monoisotopic (exact) mass is 230 g/mol. The Morgan fingerprint density at radius 1 is 1.24 bits per heavy atom. The number of hydrogen-bond donors (Lipinski definition) is 3. The molecule has 2 rings (SSSR count). The number of nitrogens with one attached hydrogen (secondary N) is 1. The first-order valence-corrected chi connectivity index (χ1v) is 5.41. The van der Waals surface area contributed by atoms with Crippen molar-refractivity contribution in [1.82, 2.24) is 0 Å². The number of anilines is 2. The van der Waals surface area contributed by atoms with E-state index in [4.69, 9.17) is 10.8 Å². The van der Waals surface area contributed by atoms with Crippen molar-refractivity contribution in [2.24, 2.45) is 0 Å². The fraction of sp³-hybridized carbons (Fsp3) is 0.154. The molecule has 4 heteroatoms. The van der Waals surface area contributed by atoms with Gasteiger partial charge in [0.25, 0.3) is 0 Å². The minimum absolute atomic E-state index is 0.0721. The molecule has 0 aliphatic rings. The third kappa shape index (κ3) is 2.47. The summed E-state index contributed by atoms with van der Waals surface area (Å²) in [6.45, 7) is 0.369. The molecule has 0 aromatic heterocycles. The van der Waals surface area contributed by atoms with E-state index in [0.717, 1.165) is 16.5 Å². The molecule has 0 radical (unpaired) electrons. The Labute approximate surface area is 99.1 Å². The SMILES string of the molecule is Nc1ccc2ccccc2c1NCCC(=O)O. The highest BCUT2D eigenvalue weighted by atomic mass is 16.4. The van der Waals surface area contributed by atoms with E-state index in [1.807, 2.05) is 36.4 Å². The van der Waals surface area contributed by atoms with Gasteiger partial charge in [-0.1, -0.05) is 30.3 Å². The van der Waals surface area contributed by atoms with E-state index in [2.05, 4.69) is 5.32 Å². The average molecular weight is 230 g/mol. The van der Waals surface area contributed by atoms with Crippen molar-refractivity contribution in [2.75, 3.05) is 17.6 Å². The molecule has 0 spiro atoms. The largest absolute Gasteiger partial charge is 0.481 e. The van der Waals surface area contributed by atoms with E-state index >= 15 is 0 Å². The molecule has 2 aromatic carbocycles. The summed E-state index contributed by atoms with van der Waals surface area (Å²) in [5.74, 6) is -0.823. The molecule has 17 heavy (non-hydrogen) atoms. The van der Waals surface area contributed by atoms with Gasteiger partial charge in [-0.3, -0.25) is 4.79 Å². The molecule has 4 nitrogen and oxygen atoms in total. The Kier molecular flexibility index (Phi) is 3.14. The van der Waals surface area contributed by atoms with Gasteiger partial charge in [0, 0.05) is 11.9 Å². The number of hydrogen-bond acceptors (Lipinski definition) is 3. The number of nitrogen functional groups attached to an aromatic ring is 1. The van der Waals surface area contributed by atoms with Crippen molar-refractivity contribution in [2.45, 2.75) is 6.42 Å². The van der Waals surface area contributed by atoms with E-state index in [0.29, 0.717) is 12.2 Å². The van der Waals surface area contributed by atoms with Crippen LogP contribution < -0.4 is 11.1 Å². The van der Waals surface area contributed by atoms with Crippen LogP contribution in [0.25, 0.3) is 10.8 Å². The Morgan fingerprint density at radius 2 is 2.00 bits per heavy atom. The van der Waals surface area contributed by atoms with Crippen LogP contribution in [0.5, 0.6) is 0 Å². The minimum atomic E-state index is -0.823. The van der Waals surface area contributed by atoms with Crippen LogP contribution >= 0.6 is 0 Å². The van der Waals surface area contributed by atoms with Crippen LogP contribution in [0.4, 0.5) is 11.4 Å². The Hall–Kier alpha value is -2.23. The summed E-state index contributed by atoms with van der Waals surface area (Å²) in [5, 5.41) is 13.8. The zero-order valence-electron chi connectivity index (χ0n) is 9.31. The van der Waals surface area contributed by atoms with Gasteiger partial charge in [0.1, 0.15) is 0 Å². The third-order valence-corrected chi connectivity index (χ3v) is 2.60. The summed E-state index contributed by atoms with van der Waals surface area (Å²) >= 11 is 0. The van der Waals surface area contributed by atoms with Crippen LogP contribution in [0.1, 0.15) is 6.42 Å². The van der Waals surface area contributed by atoms with E-state index in [1.165, 1.54) is 0 Å². The van der Waals surface area contributed by atoms with Gasteiger partial charge < -0.3 is 16.2 Å². The van der Waals surface area contributed by atoms with Gasteiger partial charge in [-0.25, -0.2) is 0 Å². The quantitative estimate of drug-likeness (QED) is 0.704. The molecule has 88 valence electrons. The second kappa shape index (κ2) is 4.74. The van der Waals surface area contributed by atoms with Crippen LogP contribution in [0.3, 0.4) is 0 Å². The maximum atomic E-state index is 10.5. The third-order valence-electron chi connectivity index (χ3n) is 2.60. The van der Waals surface area contributed by atoms with Gasteiger partial charge in [0.05, 0.1) is 17.8 Å². The second-order valence-corrected chi connectivity index (χ2v) is 3.82. The predicted molar refractivity (Wildman–Crippen MR) is 69.1 cm³/mol. The van der Waals surface area contributed by atoms with Gasteiger partial charge in [-0.15, -0.1) is 0 Å². The smallest absolute Gasteiger partial charge is 0.305 e. The lowest BCUT2D eigenvalue weighted by Gasteiger charge is -2.11. The number of nitrogens with two attached hydrogens (primary N) is 1. The lowest BCUT2D eigenvalue weighted by atomic mass is 10.1. The minimum Gasteiger partial charge on any atom is -0.481 e. The number of carboxylic acid groups (broad SMARTS) is 1. The Balaban J connectivity index is 2.31. The fourth-order valence-corrected chi connectivity index (χ4v) is 1.78. The first-order valence-electron chi connectivity index (χ1n) is 5.41. The van der Waals surface area contributed by atoms with E-state index in [1.54, 1.807) is 0 Å². The topological polar surface area (TPSA) is 75.3 Å². The van der Waals surface area contributed by atoms with Crippen molar-refractivity contribution in [3.05, 3.63) is 36.4 Å². The summed E-state index contributed by atoms with van der Waals surface area (Å²) in [5.41, 5.74) is 7.34. The van der Waals surface area contributed by atoms with Crippen LogP contribution in [0.15, 0.2) is 36.4 Å². The molecule has 0 saturated carbocycles. The molecule has 0 saturated heterocycles. The van der Waals surface area contributed by atoms with E-state index in [-0.39, 0.29) is 6.42 Å². The summed E-state index contributed by atoms with van der Waals surface area (Å²) < 4.78 is 0. The maximum Gasteiger partial charge on any atom is 0.305 e. The molecule has 4 N–H and O–H groups in total. The first kappa shape index (κ1) is 11.3. The summed E-state index contributed by atoms with van der Waals surface area (Å²) in [7, 11) is 0. The highest BCUT2D eigenvalue weighted by molar-refractivity contribution is 5.99. The molecule has 0 bridgehead atoms. The average Bonchev–Trinajstić information content (AvgIpc) is 2.32. The number of carbonyl (C=O) groups is 1. The summed E-state index contributed by atoms with van der Waals surface area (Å²) in [4.78, 5) is 10.5. The van der Waals surface area contributed by atoms with Crippen LogP contribution in [-0.2, 0) is 4.79 Å². The summed E-state index contributed by atoms with van der Waals surface area (Å²) in [6, 6.07) is 11.6. The Morgan fingerprint density at radius 3 is 2.76 bits per heavy atom. The van der Waals surface area contributed by atoms with E-state index < -0.39 is 5.97 Å². The van der Waals surface area contributed by atoms with Gasteiger partial charge in [-0.05, 0) is 11.5 Å². The Bertz CT molecular complexity index is 552. The zero-order valence-corrected chi connectivity index (χ0v) is 9.31. The molecule has 0 atom stereocenters. The molecule has 0 unspecified atom stereocenters. The highest BCUT2D eigenvalue weighted by Gasteiger charge is 2.05. The standard InChI is InChI=1S/C13H14N2O2/c14-11-6-5-9-3-1-2-4-10(9)13(11)15-8-7-12(16)17/h1-6,15H,7-8,14H2,(H,16,17). The predicted octanol–water partition coefficient (Wildman–Crippen LogP) is 2.31. The van der Waals surface area contributed by atoms with Crippen molar-refractivity contribution in [1.29, 1.82) is 0 Å². The molecule has 0 amide bonds. The first-order chi connectivity index (χ1) is 8.18. The van der Waals surface area contributed by atoms with Crippen LogP contribution in [-0.4, -0.2) is 17.6 Å². The van der Waals surface area contributed by atoms with Gasteiger partial charge in [-0.2, -0.15) is 0 Å². The maximum absolute atomic E-state index is 10.5. The van der Waals surface area contributed by atoms with Crippen molar-refractivity contribution in [3.8, 4) is 0 Å². The normalized spacial score (nSPS) is 10.4. The van der Waals surface area contributed by atoms with Crippen molar-refractivity contribution >= 4 is 28.1 Å². The highest BCUT2D eigenvalue weighted by Crippen LogP contribution is 2.29. The lowest BCUT2D eigenvalue weighted by Crippen LogP contribution is -2.09. The lowest BCUT2D eigenvalue weighted by molar-refractivity contribution is -0.136. The number of carboxylic acids is 1. The van der Waals surface area contributed by atoms with Gasteiger partial charge >= 0.3 is 5.97 Å². The molecule has 0 fully saturated rings. The van der Waals surface area contributed by atoms with Crippen molar-refractivity contribution < 1.29 is 9.90 Å². The molecule has 0 heterocycles. The number of rotatable bonds is 4. The molecular formula is C13H14N2O2. The van der Waals surface area contributed by atoms with Gasteiger partial charge in [0.2, 0.25) is 0 Å². The van der Waals surface area contributed by atoms with Crippen molar-refractivity contribution in [3.63, 3.8) is 0 Å². The molecular weight excluding hydrogens is 216 g/mol. The summed E-state index contributed by atoms with van der Waals surface area (Å²) in [6.07, 6.45) is 0.0721. The van der Waals surface area contributed by atoms with Gasteiger partial charge in [0.15, 0.2) is 0 Å². The van der Waals surface area contributed by atoms with E-state index in [9.17, 15) is 4.79 Å². The molecule has 0 aliphatic carbocycles. The molecule has 0 aliphatic heterocycles. The molecule has 2 aromatic rings. The van der Waals surface area contributed by atoms with Crippen LogP contribution in [0.2, 0.25) is 0 Å². The number of fused-ring (bicyclic) bond motifs is 1. The van der Waals surface area contributed by atoms with Crippen LogP contribution in [0, 0.1) is 0 Å². The number of benzene rings is 2. The number of aliphatic carboxylic acids is 1. The second-order valence-electron chi connectivity index (χ2n) is 3.82. The zero-order chi connectivity index (χ0) is 12.3. The fourth-order valence-electron chi connectivity index (χ4n) is 1.78.